The number of aromatic nitrogens is 3. The fourth-order valence-electron chi connectivity index (χ4n) is 3.10. The number of aromatic amines is 2. The number of hydrogen-bond acceptors (Lipinski definition) is 2. The fraction of sp³-hybridized carbons (Fsp3) is 0.158. The zero-order chi connectivity index (χ0) is 16.5. The number of rotatable bonds is 4. The van der Waals surface area contributed by atoms with Crippen molar-refractivity contribution in [2.45, 2.75) is 13.3 Å². The van der Waals surface area contributed by atoms with Crippen LogP contribution in [0.5, 0.6) is 0 Å². The van der Waals surface area contributed by atoms with Crippen molar-refractivity contribution in [3.63, 3.8) is 0 Å². The van der Waals surface area contributed by atoms with Gasteiger partial charge in [-0.3, -0.25) is 9.89 Å². The molecule has 5 nitrogen and oxygen atoms in total. The van der Waals surface area contributed by atoms with E-state index in [1.54, 1.807) is 0 Å². The molecule has 120 valence electrons. The molecule has 0 atom stereocenters. The molecule has 0 saturated carbocycles. The minimum absolute atomic E-state index is 0.150. The number of H-pyrrole nitrogens is 2. The van der Waals surface area contributed by atoms with Gasteiger partial charge in [-0.05, 0) is 30.5 Å². The van der Waals surface area contributed by atoms with Gasteiger partial charge in [0.1, 0.15) is 0 Å². The van der Waals surface area contributed by atoms with Gasteiger partial charge in [0.25, 0.3) is 5.91 Å². The third kappa shape index (κ3) is 2.44. The Kier molecular flexibility index (Phi) is 3.54. The van der Waals surface area contributed by atoms with Gasteiger partial charge in [0.2, 0.25) is 0 Å². The summed E-state index contributed by atoms with van der Waals surface area (Å²) in [6.07, 6.45) is 2.80. The lowest BCUT2D eigenvalue weighted by atomic mass is 10.1. The Morgan fingerprint density at radius 3 is 2.88 bits per heavy atom. The van der Waals surface area contributed by atoms with Crippen molar-refractivity contribution in [3.05, 3.63) is 65.5 Å². The molecule has 2 aromatic carbocycles. The van der Waals surface area contributed by atoms with Gasteiger partial charge in [-0.2, -0.15) is 5.10 Å². The van der Waals surface area contributed by atoms with E-state index in [1.807, 2.05) is 30.5 Å². The molecule has 0 aliphatic carbocycles. The quantitative estimate of drug-likeness (QED) is 0.540. The molecule has 0 bridgehead atoms. The number of nitrogens with one attached hydrogen (secondary N) is 3. The summed E-state index contributed by atoms with van der Waals surface area (Å²) >= 11 is 0. The zero-order valence-corrected chi connectivity index (χ0v) is 13.4. The van der Waals surface area contributed by atoms with Gasteiger partial charge < -0.3 is 10.3 Å². The van der Waals surface area contributed by atoms with Crippen LogP contribution in [0.1, 0.15) is 21.6 Å². The van der Waals surface area contributed by atoms with Crippen LogP contribution in [-0.4, -0.2) is 27.6 Å². The maximum atomic E-state index is 12.4. The summed E-state index contributed by atoms with van der Waals surface area (Å²) in [5.74, 6) is -0.150. The number of carbonyl (C=O) groups is 1. The highest BCUT2D eigenvalue weighted by Gasteiger charge is 2.13. The molecule has 5 heteroatoms. The summed E-state index contributed by atoms with van der Waals surface area (Å²) in [5.41, 5.74) is 4.92. The molecule has 0 radical (unpaired) electrons. The van der Waals surface area contributed by atoms with Gasteiger partial charge >= 0.3 is 0 Å². The Morgan fingerprint density at radius 1 is 1.12 bits per heavy atom. The van der Waals surface area contributed by atoms with Gasteiger partial charge in [-0.25, -0.2) is 0 Å². The largest absolute Gasteiger partial charge is 0.361 e. The minimum Gasteiger partial charge on any atom is -0.361 e. The summed E-state index contributed by atoms with van der Waals surface area (Å²) < 4.78 is 0. The van der Waals surface area contributed by atoms with E-state index in [1.165, 1.54) is 16.5 Å². The summed E-state index contributed by atoms with van der Waals surface area (Å²) in [4.78, 5) is 15.7. The maximum absolute atomic E-state index is 12.4. The van der Waals surface area contributed by atoms with Crippen LogP contribution in [-0.2, 0) is 6.42 Å². The first-order chi connectivity index (χ1) is 11.7. The van der Waals surface area contributed by atoms with Gasteiger partial charge in [0, 0.05) is 29.0 Å². The van der Waals surface area contributed by atoms with E-state index < -0.39 is 0 Å². The molecule has 0 spiro atoms. The lowest BCUT2D eigenvalue weighted by Gasteiger charge is -2.03. The topological polar surface area (TPSA) is 73.6 Å². The lowest BCUT2D eigenvalue weighted by Crippen LogP contribution is -2.26. The summed E-state index contributed by atoms with van der Waals surface area (Å²) in [7, 11) is 0. The highest BCUT2D eigenvalue weighted by Crippen LogP contribution is 2.21. The molecule has 4 rings (SSSR count). The molecule has 0 unspecified atom stereocenters. The third-order valence-electron chi connectivity index (χ3n) is 4.37. The van der Waals surface area contributed by atoms with Crippen molar-refractivity contribution in [1.29, 1.82) is 0 Å². The Bertz CT molecular complexity index is 1030. The van der Waals surface area contributed by atoms with Crippen LogP contribution < -0.4 is 5.32 Å². The second-order valence-corrected chi connectivity index (χ2v) is 5.94. The first-order valence-electron chi connectivity index (χ1n) is 8.01. The molecule has 2 aromatic heterocycles. The predicted molar refractivity (Wildman–Crippen MR) is 95.2 cm³/mol. The normalized spacial score (nSPS) is 11.2. The number of aryl methyl sites for hydroxylation is 1. The van der Waals surface area contributed by atoms with Gasteiger partial charge in [-0.1, -0.05) is 36.4 Å². The molecule has 24 heavy (non-hydrogen) atoms. The molecular formula is C19H18N4O. The Hall–Kier alpha value is -3.08. The van der Waals surface area contributed by atoms with E-state index in [4.69, 9.17) is 0 Å². The average Bonchev–Trinajstić information content (AvgIpc) is 3.20. The van der Waals surface area contributed by atoms with Crippen molar-refractivity contribution < 1.29 is 4.79 Å². The first kappa shape index (κ1) is 14.5. The van der Waals surface area contributed by atoms with Crippen LogP contribution in [0.4, 0.5) is 0 Å². The number of fused-ring (bicyclic) bond motifs is 2. The number of hydrogen-bond donors (Lipinski definition) is 3. The lowest BCUT2D eigenvalue weighted by molar-refractivity contribution is 0.0951. The van der Waals surface area contributed by atoms with Crippen LogP contribution >= 0.6 is 0 Å². The Labute approximate surface area is 139 Å². The smallest absolute Gasteiger partial charge is 0.272 e. The molecule has 0 aliphatic heterocycles. The van der Waals surface area contributed by atoms with E-state index in [9.17, 15) is 4.79 Å². The Morgan fingerprint density at radius 2 is 1.96 bits per heavy atom. The predicted octanol–water partition coefficient (Wildman–Crippen LogP) is 3.33. The molecular weight excluding hydrogens is 300 g/mol. The van der Waals surface area contributed by atoms with Crippen molar-refractivity contribution in [1.82, 2.24) is 20.5 Å². The van der Waals surface area contributed by atoms with E-state index >= 15 is 0 Å². The van der Waals surface area contributed by atoms with E-state index in [0.717, 1.165) is 22.8 Å². The van der Waals surface area contributed by atoms with Crippen molar-refractivity contribution in [3.8, 4) is 0 Å². The highest BCUT2D eigenvalue weighted by molar-refractivity contribution is 6.04. The van der Waals surface area contributed by atoms with Crippen LogP contribution in [0, 0.1) is 6.92 Å². The van der Waals surface area contributed by atoms with Gasteiger partial charge in [0.15, 0.2) is 5.69 Å². The first-order valence-corrected chi connectivity index (χ1v) is 8.01. The number of nitrogens with zero attached hydrogens (tertiary/aromatic N) is 1. The minimum atomic E-state index is -0.150. The standard InChI is InChI=1S/C19H18N4O/c1-12-5-4-7-14-13(11-21-17(12)14)9-10-20-19(24)18-15-6-2-3-8-16(15)22-23-18/h2-8,11,21H,9-10H2,1H3,(H,20,24)(H,22,23). The number of para-hydroxylation sites is 2. The third-order valence-corrected chi connectivity index (χ3v) is 4.37. The summed E-state index contributed by atoms with van der Waals surface area (Å²) in [5, 5.41) is 12.0. The molecule has 0 fully saturated rings. The second kappa shape index (κ2) is 5.85. The van der Waals surface area contributed by atoms with Crippen LogP contribution in [0.3, 0.4) is 0 Å². The zero-order valence-electron chi connectivity index (χ0n) is 13.4. The van der Waals surface area contributed by atoms with E-state index in [-0.39, 0.29) is 5.91 Å². The van der Waals surface area contributed by atoms with Crippen molar-refractivity contribution >= 4 is 27.7 Å². The molecule has 0 aliphatic rings. The van der Waals surface area contributed by atoms with E-state index in [2.05, 4.69) is 45.6 Å². The van der Waals surface area contributed by atoms with Gasteiger partial charge in [0.05, 0.1) is 5.52 Å². The molecule has 0 saturated heterocycles. The molecule has 2 heterocycles. The number of amides is 1. The maximum Gasteiger partial charge on any atom is 0.272 e. The SMILES string of the molecule is Cc1cccc2c(CCNC(=O)c3n[nH]c4ccccc34)c[nH]c12. The summed E-state index contributed by atoms with van der Waals surface area (Å²) in [6.45, 7) is 2.66. The van der Waals surface area contributed by atoms with Crippen LogP contribution in [0.15, 0.2) is 48.7 Å². The number of benzene rings is 2. The van der Waals surface area contributed by atoms with Crippen LogP contribution in [0.2, 0.25) is 0 Å². The van der Waals surface area contributed by atoms with Crippen molar-refractivity contribution in [2.75, 3.05) is 6.54 Å². The summed E-state index contributed by atoms with van der Waals surface area (Å²) in [6, 6.07) is 13.9. The molecule has 3 N–H and O–H groups in total. The van der Waals surface area contributed by atoms with E-state index in [0.29, 0.717) is 12.2 Å². The monoisotopic (exact) mass is 318 g/mol. The Balaban J connectivity index is 1.47. The second-order valence-electron chi connectivity index (χ2n) is 5.94. The highest BCUT2D eigenvalue weighted by atomic mass is 16.1. The van der Waals surface area contributed by atoms with Crippen molar-refractivity contribution in [2.24, 2.45) is 0 Å². The number of carbonyl (C=O) groups excluding carboxylic acids is 1. The van der Waals surface area contributed by atoms with Gasteiger partial charge in [-0.15, -0.1) is 0 Å². The molecule has 1 amide bonds. The average molecular weight is 318 g/mol. The fourth-order valence-corrected chi connectivity index (χ4v) is 3.10. The molecule has 4 aromatic rings. The van der Waals surface area contributed by atoms with Crippen LogP contribution in [0.25, 0.3) is 21.8 Å².